The summed E-state index contributed by atoms with van der Waals surface area (Å²) in [5, 5.41) is 8.16. The highest BCUT2D eigenvalue weighted by atomic mass is 79.9. The molecule has 3 nitrogen and oxygen atoms in total. The average molecular weight is 380 g/mol. The zero-order valence-electron chi connectivity index (χ0n) is 9.68. The molecule has 2 aromatic carbocycles. The highest BCUT2D eigenvalue weighted by molar-refractivity contribution is 9.11. The third-order valence-corrected chi connectivity index (χ3v) is 3.47. The Morgan fingerprint density at radius 3 is 1.95 bits per heavy atom. The topological polar surface area (TPSA) is 38.9 Å². The first-order valence-corrected chi connectivity index (χ1v) is 7.16. The van der Waals surface area contributed by atoms with Gasteiger partial charge in [0.15, 0.2) is 0 Å². The van der Waals surface area contributed by atoms with E-state index in [2.05, 4.69) is 42.1 Å². The Labute approximate surface area is 126 Å². The van der Waals surface area contributed by atoms with Gasteiger partial charge in [0.25, 0.3) is 0 Å². The standard InChI is InChI=1S/C14H8Br2N2O/c15-11-6-10(7-12(16)8-11)14-18-17-13(19-14)9-4-2-1-3-5-9/h1-8H. The Morgan fingerprint density at radius 2 is 1.32 bits per heavy atom. The van der Waals surface area contributed by atoms with E-state index in [1.165, 1.54) is 0 Å². The molecular formula is C14H8Br2N2O. The van der Waals surface area contributed by atoms with E-state index >= 15 is 0 Å². The van der Waals surface area contributed by atoms with E-state index in [0.29, 0.717) is 11.8 Å². The van der Waals surface area contributed by atoms with Crippen molar-refractivity contribution in [3.8, 4) is 22.9 Å². The van der Waals surface area contributed by atoms with Crippen molar-refractivity contribution >= 4 is 31.9 Å². The maximum Gasteiger partial charge on any atom is 0.248 e. The normalized spacial score (nSPS) is 10.6. The summed E-state index contributed by atoms with van der Waals surface area (Å²) in [5.74, 6) is 1.02. The Balaban J connectivity index is 2.02. The highest BCUT2D eigenvalue weighted by Gasteiger charge is 2.11. The van der Waals surface area contributed by atoms with Gasteiger partial charge in [-0.15, -0.1) is 10.2 Å². The van der Waals surface area contributed by atoms with Crippen LogP contribution in [0.4, 0.5) is 0 Å². The van der Waals surface area contributed by atoms with Gasteiger partial charge in [-0.2, -0.15) is 0 Å². The van der Waals surface area contributed by atoms with Crippen LogP contribution in [0.5, 0.6) is 0 Å². The molecule has 0 aliphatic heterocycles. The van der Waals surface area contributed by atoms with Gasteiger partial charge < -0.3 is 4.42 Å². The summed E-state index contributed by atoms with van der Waals surface area (Å²) in [6, 6.07) is 15.5. The molecule has 3 rings (SSSR count). The number of benzene rings is 2. The summed E-state index contributed by atoms with van der Waals surface area (Å²) < 4.78 is 7.61. The van der Waals surface area contributed by atoms with Crippen molar-refractivity contribution in [1.29, 1.82) is 0 Å². The van der Waals surface area contributed by atoms with Crippen molar-refractivity contribution in [3.63, 3.8) is 0 Å². The van der Waals surface area contributed by atoms with Crippen molar-refractivity contribution < 1.29 is 4.42 Å². The lowest BCUT2D eigenvalue weighted by atomic mass is 10.2. The van der Waals surface area contributed by atoms with Gasteiger partial charge in [-0.1, -0.05) is 50.1 Å². The van der Waals surface area contributed by atoms with Gasteiger partial charge >= 0.3 is 0 Å². The summed E-state index contributed by atoms with van der Waals surface area (Å²) in [4.78, 5) is 0. The molecule has 0 unspecified atom stereocenters. The number of nitrogens with zero attached hydrogens (tertiary/aromatic N) is 2. The molecule has 0 amide bonds. The smallest absolute Gasteiger partial charge is 0.248 e. The second-order valence-electron chi connectivity index (χ2n) is 3.94. The number of hydrogen-bond donors (Lipinski definition) is 0. The summed E-state index contributed by atoms with van der Waals surface area (Å²) >= 11 is 6.88. The lowest BCUT2D eigenvalue weighted by Gasteiger charge is -1.98. The molecule has 5 heteroatoms. The molecule has 0 saturated carbocycles. The molecule has 0 aliphatic carbocycles. The second kappa shape index (κ2) is 5.27. The van der Waals surface area contributed by atoms with Gasteiger partial charge in [0.1, 0.15) is 0 Å². The molecule has 0 aliphatic rings. The molecular weight excluding hydrogens is 372 g/mol. The first-order valence-electron chi connectivity index (χ1n) is 5.58. The molecule has 0 N–H and O–H groups in total. The fourth-order valence-corrected chi connectivity index (χ4v) is 3.01. The summed E-state index contributed by atoms with van der Waals surface area (Å²) in [5.41, 5.74) is 1.78. The van der Waals surface area contributed by atoms with Crippen molar-refractivity contribution in [1.82, 2.24) is 10.2 Å². The number of hydrogen-bond acceptors (Lipinski definition) is 3. The van der Waals surface area contributed by atoms with E-state index in [1.54, 1.807) is 0 Å². The van der Waals surface area contributed by atoms with E-state index in [-0.39, 0.29) is 0 Å². The lowest BCUT2D eigenvalue weighted by Crippen LogP contribution is -1.78. The van der Waals surface area contributed by atoms with Crippen molar-refractivity contribution in [3.05, 3.63) is 57.5 Å². The van der Waals surface area contributed by atoms with Gasteiger partial charge in [-0.05, 0) is 30.3 Å². The van der Waals surface area contributed by atoms with E-state index in [1.807, 2.05) is 48.5 Å². The zero-order valence-corrected chi connectivity index (χ0v) is 12.8. The monoisotopic (exact) mass is 378 g/mol. The molecule has 94 valence electrons. The maximum atomic E-state index is 5.70. The van der Waals surface area contributed by atoms with Crippen LogP contribution in [0.15, 0.2) is 61.9 Å². The van der Waals surface area contributed by atoms with Gasteiger partial charge in [0, 0.05) is 20.1 Å². The van der Waals surface area contributed by atoms with Crippen LogP contribution in [-0.2, 0) is 0 Å². The molecule has 0 spiro atoms. The zero-order chi connectivity index (χ0) is 13.2. The number of rotatable bonds is 2. The predicted octanol–water partition coefficient (Wildman–Crippen LogP) is 4.93. The van der Waals surface area contributed by atoms with Gasteiger partial charge in [0.05, 0.1) is 0 Å². The van der Waals surface area contributed by atoms with Gasteiger partial charge in [-0.3, -0.25) is 0 Å². The fraction of sp³-hybridized carbons (Fsp3) is 0. The molecule has 0 atom stereocenters. The number of aromatic nitrogens is 2. The van der Waals surface area contributed by atoms with E-state index in [0.717, 1.165) is 20.1 Å². The van der Waals surface area contributed by atoms with Crippen molar-refractivity contribution in [2.45, 2.75) is 0 Å². The third-order valence-electron chi connectivity index (χ3n) is 2.56. The Morgan fingerprint density at radius 1 is 0.737 bits per heavy atom. The van der Waals surface area contributed by atoms with E-state index in [4.69, 9.17) is 4.42 Å². The van der Waals surface area contributed by atoms with Crippen LogP contribution in [0, 0.1) is 0 Å². The lowest BCUT2D eigenvalue weighted by molar-refractivity contribution is 0.584. The van der Waals surface area contributed by atoms with Crippen LogP contribution in [0.25, 0.3) is 22.9 Å². The first kappa shape index (κ1) is 12.6. The van der Waals surface area contributed by atoms with Gasteiger partial charge in [0.2, 0.25) is 11.8 Å². The molecule has 1 aromatic heterocycles. The Kier molecular flexibility index (Phi) is 3.48. The molecule has 0 bridgehead atoms. The van der Waals surface area contributed by atoms with Crippen LogP contribution in [0.3, 0.4) is 0 Å². The SMILES string of the molecule is Brc1cc(Br)cc(-c2nnc(-c3ccccc3)o2)c1. The molecule has 0 radical (unpaired) electrons. The highest BCUT2D eigenvalue weighted by Crippen LogP contribution is 2.28. The summed E-state index contributed by atoms with van der Waals surface area (Å²) in [6.07, 6.45) is 0. The Bertz CT molecular complexity index is 690. The van der Waals surface area contributed by atoms with Crippen molar-refractivity contribution in [2.75, 3.05) is 0 Å². The second-order valence-corrected chi connectivity index (χ2v) is 5.77. The minimum atomic E-state index is 0.501. The average Bonchev–Trinajstić information content (AvgIpc) is 2.88. The van der Waals surface area contributed by atoms with E-state index in [9.17, 15) is 0 Å². The minimum Gasteiger partial charge on any atom is -0.416 e. The first-order chi connectivity index (χ1) is 9.22. The summed E-state index contributed by atoms with van der Waals surface area (Å²) in [7, 11) is 0. The predicted molar refractivity (Wildman–Crippen MR) is 80.6 cm³/mol. The van der Waals surface area contributed by atoms with E-state index < -0.39 is 0 Å². The molecule has 3 aromatic rings. The molecule has 0 fully saturated rings. The van der Waals surface area contributed by atoms with Crippen LogP contribution in [0.2, 0.25) is 0 Å². The fourth-order valence-electron chi connectivity index (χ4n) is 1.71. The summed E-state index contributed by atoms with van der Waals surface area (Å²) in [6.45, 7) is 0. The number of halogens is 2. The minimum absolute atomic E-state index is 0.501. The molecule has 1 heterocycles. The molecule has 0 saturated heterocycles. The molecule has 19 heavy (non-hydrogen) atoms. The van der Waals surface area contributed by atoms with Gasteiger partial charge in [-0.25, -0.2) is 0 Å². The van der Waals surface area contributed by atoms with Crippen molar-refractivity contribution in [2.24, 2.45) is 0 Å². The van der Waals surface area contributed by atoms with Crippen LogP contribution < -0.4 is 0 Å². The largest absolute Gasteiger partial charge is 0.416 e. The Hall–Kier alpha value is -1.46. The van der Waals surface area contributed by atoms with Crippen LogP contribution in [0.1, 0.15) is 0 Å². The maximum absolute atomic E-state index is 5.70. The van der Waals surface area contributed by atoms with Crippen LogP contribution in [-0.4, -0.2) is 10.2 Å². The quantitative estimate of drug-likeness (QED) is 0.633. The van der Waals surface area contributed by atoms with Crippen LogP contribution >= 0.6 is 31.9 Å². The third kappa shape index (κ3) is 2.77.